The van der Waals surface area contributed by atoms with Gasteiger partial charge in [-0.05, 0) is 17.9 Å². The molecule has 0 heterocycles. The van der Waals surface area contributed by atoms with Gasteiger partial charge in [0.15, 0.2) is 0 Å². The van der Waals surface area contributed by atoms with Crippen LogP contribution in [0, 0.1) is 5.92 Å². The Morgan fingerprint density at radius 3 is 1.95 bits per heavy atom. The Morgan fingerprint density at radius 2 is 1.43 bits per heavy atom. The van der Waals surface area contributed by atoms with E-state index in [1.807, 2.05) is 0 Å². The van der Waals surface area contributed by atoms with Crippen molar-refractivity contribution in [3.63, 3.8) is 0 Å². The Balaban J connectivity index is 3.06. The SMILES string of the molecule is CCC(C)C(NC(=O)C(N)CC(=O)O)C(=O)NC(CCC(=O)O)C(=O)NC(Cc1ccccc1)C(=O)O. The van der Waals surface area contributed by atoms with E-state index >= 15 is 0 Å². The third-order valence-electron chi connectivity index (χ3n) is 5.70. The summed E-state index contributed by atoms with van der Waals surface area (Å²) in [5.74, 6) is -6.95. The van der Waals surface area contributed by atoms with E-state index in [0.717, 1.165) is 0 Å². The quantitative estimate of drug-likeness (QED) is 0.147. The van der Waals surface area contributed by atoms with Crippen LogP contribution < -0.4 is 21.7 Å². The molecule has 0 radical (unpaired) electrons. The van der Waals surface area contributed by atoms with Crippen LogP contribution in [0.5, 0.6) is 0 Å². The molecule has 13 heteroatoms. The van der Waals surface area contributed by atoms with Crippen molar-refractivity contribution >= 4 is 35.6 Å². The predicted molar refractivity (Wildman–Crippen MR) is 130 cm³/mol. The molecule has 0 saturated heterocycles. The first-order chi connectivity index (χ1) is 17.3. The number of carboxylic acid groups (broad SMARTS) is 3. The van der Waals surface area contributed by atoms with Crippen molar-refractivity contribution in [2.75, 3.05) is 0 Å². The lowest BCUT2D eigenvalue weighted by Crippen LogP contribution is -2.59. The Labute approximate surface area is 213 Å². The van der Waals surface area contributed by atoms with Crippen LogP contribution >= 0.6 is 0 Å². The molecular formula is C24H34N4O9. The number of benzene rings is 1. The maximum Gasteiger partial charge on any atom is 0.326 e. The number of carboxylic acids is 3. The second-order valence-corrected chi connectivity index (χ2v) is 8.66. The first-order valence-corrected chi connectivity index (χ1v) is 11.7. The third kappa shape index (κ3) is 11.1. The van der Waals surface area contributed by atoms with Crippen molar-refractivity contribution in [2.24, 2.45) is 11.7 Å². The number of hydrogen-bond donors (Lipinski definition) is 7. The zero-order valence-corrected chi connectivity index (χ0v) is 20.7. The second kappa shape index (κ2) is 15.2. The van der Waals surface area contributed by atoms with E-state index in [4.69, 9.17) is 15.9 Å². The molecule has 204 valence electrons. The highest BCUT2D eigenvalue weighted by molar-refractivity contribution is 5.95. The van der Waals surface area contributed by atoms with E-state index in [1.54, 1.807) is 44.2 Å². The Bertz CT molecular complexity index is 970. The van der Waals surface area contributed by atoms with Crippen molar-refractivity contribution in [2.45, 2.75) is 70.1 Å². The first kappa shape index (κ1) is 31.0. The molecule has 0 aliphatic heterocycles. The van der Waals surface area contributed by atoms with Gasteiger partial charge in [-0.3, -0.25) is 24.0 Å². The van der Waals surface area contributed by atoms with Gasteiger partial charge in [-0.25, -0.2) is 4.79 Å². The highest BCUT2D eigenvalue weighted by Gasteiger charge is 2.33. The maximum absolute atomic E-state index is 13.1. The lowest BCUT2D eigenvalue weighted by atomic mass is 9.97. The van der Waals surface area contributed by atoms with Gasteiger partial charge in [0.1, 0.15) is 18.1 Å². The number of nitrogens with one attached hydrogen (secondary N) is 3. The Hall–Kier alpha value is -4.00. The van der Waals surface area contributed by atoms with Crippen molar-refractivity contribution in [3.05, 3.63) is 35.9 Å². The summed E-state index contributed by atoms with van der Waals surface area (Å²) >= 11 is 0. The number of nitrogens with two attached hydrogens (primary N) is 1. The number of rotatable bonds is 16. The topological polar surface area (TPSA) is 225 Å². The number of carbonyl (C=O) groups is 6. The van der Waals surface area contributed by atoms with Gasteiger partial charge in [-0.15, -0.1) is 0 Å². The van der Waals surface area contributed by atoms with E-state index in [9.17, 15) is 33.9 Å². The summed E-state index contributed by atoms with van der Waals surface area (Å²) in [4.78, 5) is 72.1. The van der Waals surface area contributed by atoms with Gasteiger partial charge in [0, 0.05) is 12.8 Å². The van der Waals surface area contributed by atoms with E-state index in [0.29, 0.717) is 12.0 Å². The monoisotopic (exact) mass is 522 g/mol. The zero-order valence-electron chi connectivity index (χ0n) is 20.7. The molecule has 1 aromatic carbocycles. The molecule has 0 fully saturated rings. The molecule has 1 aromatic rings. The Kier molecular flexibility index (Phi) is 12.7. The summed E-state index contributed by atoms with van der Waals surface area (Å²) in [6.07, 6.45) is -1.14. The van der Waals surface area contributed by atoms with Gasteiger partial charge in [-0.1, -0.05) is 50.6 Å². The number of carbonyl (C=O) groups excluding carboxylic acids is 3. The molecule has 0 spiro atoms. The molecular weight excluding hydrogens is 488 g/mol. The fraction of sp³-hybridized carbons (Fsp3) is 0.500. The number of amides is 3. The van der Waals surface area contributed by atoms with Crippen LogP contribution in [-0.2, 0) is 35.2 Å². The number of hydrogen-bond acceptors (Lipinski definition) is 7. The minimum absolute atomic E-state index is 0.0471. The van der Waals surface area contributed by atoms with Crippen LogP contribution in [0.25, 0.3) is 0 Å². The number of aliphatic carboxylic acids is 3. The molecule has 0 aromatic heterocycles. The minimum atomic E-state index is -1.42. The van der Waals surface area contributed by atoms with Gasteiger partial charge in [0.25, 0.3) is 0 Å². The summed E-state index contributed by atoms with van der Waals surface area (Å²) in [7, 11) is 0. The van der Waals surface area contributed by atoms with Crippen LogP contribution in [0.3, 0.4) is 0 Å². The largest absolute Gasteiger partial charge is 0.481 e. The highest BCUT2D eigenvalue weighted by Crippen LogP contribution is 2.11. The van der Waals surface area contributed by atoms with Crippen molar-refractivity contribution in [1.29, 1.82) is 0 Å². The fourth-order valence-corrected chi connectivity index (χ4v) is 3.36. The summed E-state index contributed by atoms with van der Waals surface area (Å²) in [5.41, 5.74) is 6.21. The minimum Gasteiger partial charge on any atom is -0.481 e. The summed E-state index contributed by atoms with van der Waals surface area (Å²) in [5, 5.41) is 34.6. The second-order valence-electron chi connectivity index (χ2n) is 8.66. The normalized spacial score (nSPS) is 14.8. The predicted octanol–water partition coefficient (Wildman–Crippen LogP) is -0.519. The molecule has 0 aliphatic carbocycles. The molecule has 0 bridgehead atoms. The van der Waals surface area contributed by atoms with Crippen LogP contribution in [0.1, 0.15) is 45.1 Å². The molecule has 37 heavy (non-hydrogen) atoms. The first-order valence-electron chi connectivity index (χ1n) is 11.7. The van der Waals surface area contributed by atoms with E-state index < -0.39 is 78.6 Å². The molecule has 13 nitrogen and oxygen atoms in total. The van der Waals surface area contributed by atoms with Crippen LogP contribution in [0.4, 0.5) is 0 Å². The van der Waals surface area contributed by atoms with Crippen LogP contribution in [0.2, 0.25) is 0 Å². The molecule has 0 aliphatic rings. The van der Waals surface area contributed by atoms with E-state index in [-0.39, 0.29) is 12.8 Å². The average molecular weight is 523 g/mol. The molecule has 8 N–H and O–H groups in total. The van der Waals surface area contributed by atoms with Crippen LogP contribution in [0.15, 0.2) is 30.3 Å². The molecule has 1 rings (SSSR count). The molecule has 3 amide bonds. The average Bonchev–Trinajstić information content (AvgIpc) is 2.83. The standard InChI is InChI=1S/C24H34N4O9/c1-3-13(2)20(28-21(33)15(25)12-19(31)32)23(35)26-16(9-10-18(29)30)22(34)27-17(24(36)37)11-14-7-5-4-6-8-14/h4-8,13,15-17,20H,3,9-12,25H2,1-2H3,(H,26,35)(H,27,34)(H,28,33)(H,29,30)(H,31,32)(H,36,37). The van der Waals surface area contributed by atoms with Gasteiger partial charge < -0.3 is 37.0 Å². The summed E-state index contributed by atoms with van der Waals surface area (Å²) in [6.45, 7) is 3.38. The molecule has 5 unspecified atom stereocenters. The zero-order chi connectivity index (χ0) is 28.1. The Morgan fingerprint density at radius 1 is 0.838 bits per heavy atom. The lowest BCUT2D eigenvalue weighted by molar-refractivity contribution is -0.143. The fourth-order valence-electron chi connectivity index (χ4n) is 3.36. The lowest BCUT2D eigenvalue weighted by Gasteiger charge is -2.27. The summed E-state index contributed by atoms with van der Waals surface area (Å²) < 4.78 is 0. The third-order valence-corrected chi connectivity index (χ3v) is 5.70. The van der Waals surface area contributed by atoms with Gasteiger partial charge >= 0.3 is 17.9 Å². The van der Waals surface area contributed by atoms with Crippen molar-refractivity contribution in [3.8, 4) is 0 Å². The molecule has 5 atom stereocenters. The summed E-state index contributed by atoms with van der Waals surface area (Å²) in [6, 6.07) is 3.12. The maximum atomic E-state index is 13.1. The highest BCUT2D eigenvalue weighted by atomic mass is 16.4. The molecule has 0 saturated carbocycles. The van der Waals surface area contributed by atoms with E-state index in [2.05, 4.69) is 16.0 Å². The van der Waals surface area contributed by atoms with Crippen molar-refractivity contribution in [1.82, 2.24) is 16.0 Å². The van der Waals surface area contributed by atoms with Gasteiger partial charge in [0.05, 0.1) is 12.5 Å². The van der Waals surface area contributed by atoms with Gasteiger partial charge in [-0.2, -0.15) is 0 Å². The smallest absolute Gasteiger partial charge is 0.326 e. The van der Waals surface area contributed by atoms with Crippen molar-refractivity contribution < 1.29 is 44.1 Å². The van der Waals surface area contributed by atoms with Crippen LogP contribution in [-0.4, -0.2) is 75.1 Å². The van der Waals surface area contributed by atoms with Gasteiger partial charge in [0.2, 0.25) is 17.7 Å². The van der Waals surface area contributed by atoms with E-state index in [1.165, 1.54) is 0 Å².